The molecule has 156 valence electrons. The van der Waals surface area contributed by atoms with E-state index in [0.29, 0.717) is 10.2 Å². The number of aromatic nitrogens is 1. The van der Waals surface area contributed by atoms with Gasteiger partial charge in [0.05, 0.1) is 26.1 Å². The summed E-state index contributed by atoms with van der Waals surface area (Å²) in [6.07, 6.45) is 0. The van der Waals surface area contributed by atoms with Crippen molar-refractivity contribution in [3.05, 3.63) is 39.5 Å². The van der Waals surface area contributed by atoms with Gasteiger partial charge in [-0.05, 0) is 37.3 Å². The molecule has 0 saturated heterocycles. The molecule has 0 aliphatic heterocycles. The molecular weight excluding hydrogens is 482 g/mol. The second kappa shape index (κ2) is 8.16. The van der Waals surface area contributed by atoms with E-state index in [1.54, 1.807) is 6.92 Å². The minimum absolute atomic E-state index is 0.0239. The van der Waals surface area contributed by atoms with Gasteiger partial charge in [0, 0.05) is 0 Å². The largest absolute Gasteiger partial charge is 0.465 e. The summed E-state index contributed by atoms with van der Waals surface area (Å²) in [5, 5.41) is 5.16. The van der Waals surface area contributed by atoms with Crippen molar-refractivity contribution in [2.75, 3.05) is 6.61 Å². The predicted octanol–water partition coefficient (Wildman–Crippen LogP) is 1.92. The van der Waals surface area contributed by atoms with Gasteiger partial charge in [0.2, 0.25) is 14.8 Å². The van der Waals surface area contributed by atoms with Gasteiger partial charge >= 0.3 is 5.97 Å². The van der Waals surface area contributed by atoms with E-state index in [2.05, 4.69) is 4.40 Å². The highest BCUT2D eigenvalue weighted by molar-refractivity contribution is 7.92. The van der Waals surface area contributed by atoms with Crippen LogP contribution in [0.25, 0.3) is 10.2 Å². The zero-order valence-corrected chi connectivity index (χ0v) is 18.8. The number of nitrogens with two attached hydrogens (primary N) is 1. The van der Waals surface area contributed by atoms with Crippen LogP contribution in [0.15, 0.2) is 43.8 Å². The van der Waals surface area contributed by atoms with Crippen LogP contribution < -0.4 is 9.94 Å². The molecule has 29 heavy (non-hydrogen) atoms. The smallest absolute Gasteiger partial charge is 0.326 e. The van der Waals surface area contributed by atoms with Crippen LogP contribution in [-0.4, -0.2) is 34.0 Å². The van der Waals surface area contributed by atoms with E-state index in [4.69, 9.17) is 21.5 Å². The molecule has 9 nitrogen and oxygen atoms in total. The molecule has 0 aliphatic carbocycles. The highest BCUT2D eigenvalue weighted by Gasteiger charge is 2.19. The zero-order chi connectivity index (χ0) is 21.4. The number of benzene rings is 1. The summed E-state index contributed by atoms with van der Waals surface area (Å²) < 4.78 is 59.2. The van der Waals surface area contributed by atoms with Crippen molar-refractivity contribution in [2.45, 2.75) is 22.6 Å². The number of fused-ring (bicyclic) bond motifs is 1. The van der Waals surface area contributed by atoms with E-state index in [1.807, 2.05) is 0 Å². The first kappa shape index (κ1) is 21.9. The Bertz CT molecular complexity index is 1370. The normalized spacial score (nSPS) is 13.1. The maximum Gasteiger partial charge on any atom is 0.326 e. The Hall–Kier alpha value is -1.77. The van der Waals surface area contributed by atoms with Crippen LogP contribution in [0, 0.1) is 0 Å². The van der Waals surface area contributed by atoms with E-state index in [0.717, 1.165) is 22.7 Å². The Kier molecular flexibility index (Phi) is 6.17. The number of rotatable bonds is 6. The number of carbonyl (C=O) groups is 1. The van der Waals surface area contributed by atoms with E-state index in [-0.39, 0.29) is 31.4 Å². The van der Waals surface area contributed by atoms with Gasteiger partial charge in [-0.15, -0.1) is 15.7 Å². The monoisotopic (exact) mass is 495 g/mol. The van der Waals surface area contributed by atoms with Crippen molar-refractivity contribution in [1.29, 1.82) is 0 Å². The summed E-state index contributed by atoms with van der Waals surface area (Å²) in [5.41, 5.74) is 0.411. The lowest BCUT2D eigenvalue weighted by molar-refractivity contribution is -0.143. The Balaban J connectivity index is 2.24. The fourth-order valence-corrected chi connectivity index (χ4v) is 6.72. The van der Waals surface area contributed by atoms with Crippen molar-refractivity contribution in [3.8, 4) is 0 Å². The van der Waals surface area contributed by atoms with Crippen LogP contribution in [0.1, 0.15) is 6.92 Å². The molecule has 2 N–H and O–H groups in total. The second-order valence-electron chi connectivity index (χ2n) is 5.58. The molecule has 0 atom stereocenters. The topological polar surface area (TPSA) is 138 Å². The number of halogens is 1. The third kappa shape index (κ3) is 4.87. The van der Waals surface area contributed by atoms with Crippen LogP contribution in [-0.2, 0) is 36.1 Å². The number of thiophene rings is 1. The van der Waals surface area contributed by atoms with Gasteiger partial charge in [-0.2, -0.15) is 8.42 Å². The molecule has 0 radical (unpaired) electrons. The number of nitrogens with zero attached hydrogens (tertiary/aromatic N) is 2. The number of carbonyl (C=O) groups excluding carboxylic acids is 1. The molecule has 0 spiro atoms. The molecule has 1 aromatic carbocycles. The SMILES string of the molecule is CCOC(=O)Cn1/c(=N/S(=O)(=O)c2ccc(Cl)s2)sc2cc(S(N)(=O)=O)ccc21. The van der Waals surface area contributed by atoms with Crippen LogP contribution in [0.4, 0.5) is 0 Å². The third-order valence-corrected chi connectivity index (χ3v) is 8.61. The molecular formula is C15H14ClN3O6S4. The molecule has 14 heteroatoms. The van der Waals surface area contributed by atoms with Gasteiger partial charge < -0.3 is 9.30 Å². The molecule has 2 heterocycles. The summed E-state index contributed by atoms with van der Waals surface area (Å²) in [5.74, 6) is -0.597. The molecule has 3 aromatic rings. The minimum Gasteiger partial charge on any atom is -0.465 e. The number of ether oxygens (including phenoxy) is 1. The fourth-order valence-electron chi connectivity index (χ4n) is 2.37. The van der Waals surface area contributed by atoms with Crippen molar-refractivity contribution >= 4 is 70.5 Å². The highest BCUT2D eigenvalue weighted by atomic mass is 35.5. The first-order valence-electron chi connectivity index (χ1n) is 7.89. The number of sulfonamides is 2. The predicted molar refractivity (Wildman–Crippen MR) is 110 cm³/mol. The van der Waals surface area contributed by atoms with Crippen LogP contribution >= 0.6 is 34.3 Å². The van der Waals surface area contributed by atoms with E-state index in [1.165, 1.54) is 34.9 Å². The molecule has 0 amide bonds. The van der Waals surface area contributed by atoms with E-state index in [9.17, 15) is 21.6 Å². The Morgan fingerprint density at radius 1 is 1.21 bits per heavy atom. The Morgan fingerprint density at radius 3 is 2.52 bits per heavy atom. The number of hydrogen-bond donors (Lipinski definition) is 1. The van der Waals surface area contributed by atoms with Crippen LogP contribution in [0.2, 0.25) is 4.34 Å². The molecule has 2 aromatic heterocycles. The van der Waals surface area contributed by atoms with Gasteiger partial charge in [0.15, 0.2) is 0 Å². The van der Waals surface area contributed by atoms with Crippen molar-refractivity contribution in [2.24, 2.45) is 9.54 Å². The van der Waals surface area contributed by atoms with Gasteiger partial charge in [-0.25, -0.2) is 13.6 Å². The number of hydrogen-bond acceptors (Lipinski definition) is 8. The fraction of sp³-hybridized carbons (Fsp3) is 0.200. The summed E-state index contributed by atoms with van der Waals surface area (Å²) in [4.78, 5) is 11.8. The van der Waals surface area contributed by atoms with Gasteiger partial charge in [-0.1, -0.05) is 22.9 Å². The number of primary sulfonamides is 1. The number of thiazole rings is 1. The summed E-state index contributed by atoms with van der Waals surface area (Å²) in [6.45, 7) is 1.49. The highest BCUT2D eigenvalue weighted by Crippen LogP contribution is 2.27. The lowest BCUT2D eigenvalue weighted by Crippen LogP contribution is -2.23. The van der Waals surface area contributed by atoms with Crippen LogP contribution in [0.5, 0.6) is 0 Å². The lowest BCUT2D eigenvalue weighted by Gasteiger charge is -2.05. The maximum absolute atomic E-state index is 12.6. The minimum atomic E-state index is -4.10. The van der Waals surface area contributed by atoms with Crippen molar-refractivity contribution in [3.63, 3.8) is 0 Å². The average Bonchev–Trinajstić information content (AvgIpc) is 3.18. The second-order valence-corrected chi connectivity index (χ2v) is 11.7. The molecule has 0 unspecified atom stereocenters. The van der Waals surface area contributed by atoms with Crippen LogP contribution in [0.3, 0.4) is 0 Å². The quantitative estimate of drug-likeness (QED) is 0.518. The van der Waals surface area contributed by atoms with E-state index < -0.39 is 26.0 Å². The van der Waals surface area contributed by atoms with Gasteiger partial charge in [0.25, 0.3) is 10.0 Å². The maximum atomic E-state index is 12.6. The molecule has 0 fully saturated rings. The molecule has 0 aliphatic rings. The van der Waals surface area contributed by atoms with Crippen molar-refractivity contribution < 1.29 is 26.4 Å². The van der Waals surface area contributed by atoms with Gasteiger partial charge in [0.1, 0.15) is 10.8 Å². The van der Waals surface area contributed by atoms with Gasteiger partial charge in [-0.3, -0.25) is 4.79 Å². The summed E-state index contributed by atoms with van der Waals surface area (Å²) in [6, 6.07) is 6.75. The molecule has 0 saturated carbocycles. The standard InChI is InChI=1S/C15H14ClN3O6S4/c1-2-25-13(20)8-19-10-4-3-9(28(17,21)22)7-11(10)26-15(19)18-29(23,24)14-6-5-12(16)27-14/h3-7H,2,8H2,1H3,(H2,17,21,22)/b18-15-. The number of esters is 1. The summed E-state index contributed by atoms with van der Waals surface area (Å²) in [7, 11) is -8.06. The Labute approximate surface area is 179 Å². The molecule has 3 rings (SSSR count). The Morgan fingerprint density at radius 2 is 1.93 bits per heavy atom. The zero-order valence-electron chi connectivity index (χ0n) is 14.7. The first-order chi connectivity index (χ1) is 13.5. The third-order valence-electron chi connectivity index (χ3n) is 3.58. The van der Waals surface area contributed by atoms with Crippen molar-refractivity contribution in [1.82, 2.24) is 4.57 Å². The lowest BCUT2D eigenvalue weighted by atomic mass is 10.3. The first-order valence-corrected chi connectivity index (χ1v) is 12.9. The van der Waals surface area contributed by atoms with E-state index >= 15 is 0 Å². The summed E-state index contributed by atoms with van der Waals surface area (Å²) >= 11 is 7.56. The average molecular weight is 496 g/mol. The molecule has 0 bridgehead atoms.